The highest BCUT2D eigenvalue weighted by atomic mass is 19.4. The van der Waals surface area contributed by atoms with Crippen LogP contribution in [0.5, 0.6) is 11.5 Å². The minimum atomic E-state index is -4.78. The Morgan fingerprint density at radius 2 is 1.81 bits per heavy atom. The minimum Gasteiger partial charge on any atom is -0.496 e. The van der Waals surface area contributed by atoms with Crippen LogP contribution in [0.1, 0.15) is 5.56 Å². The first kappa shape index (κ1) is 18.5. The first-order chi connectivity index (χ1) is 12.9. The standard InChI is InChI=1S/C19H15F3N2O3/c1-26-17-8-3-2-7-15(17)16-9-10-18(25)24(23-16)12-13-5-4-6-14(11-13)27-19(20,21)22/h2-11H,12H2,1H3. The molecule has 0 saturated heterocycles. The molecule has 3 rings (SSSR count). The molecule has 27 heavy (non-hydrogen) atoms. The fraction of sp³-hybridized carbons (Fsp3) is 0.158. The number of aromatic nitrogens is 2. The molecular formula is C19H15F3N2O3. The molecule has 0 amide bonds. The predicted molar refractivity (Wildman–Crippen MR) is 92.7 cm³/mol. The molecule has 2 aromatic carbocycles. The lowest BCUT2D eigenvalue weighted by Gasteiger charge is -2.12. The number of hydrogen-bond acceptors (Lipinski definition) is 4. The Labute approximate surface area is 152 Å². The molecule has 3 aromatic rings. The topological polar surface area (TPSA) is 53.4 Å². The predicted octanol–water partition coefficient (Wildman–Crippen LogP) is 3.87. The largest absolute Gasteiger partial charge is 0.573 e. The van der Waals surface area contributed by atoms with Gasteiger partial charge in [0.25, 0.3) is 5.56 Å². The number of alkyl halides is 3. The lowest BCUT2D eigenvalue weighted by molar-refractivity contribution is -0.274. The van der Waals surface area contributed by atoms with Gasteiger partial charge in [-0.05, 0) is 35.9 Å². The van der Waals surface area contributed by atoms with E-state index in [1.54, 1.807) is 24.3 Å². The van der Waals surface area contributed by atoms with Gasteiger partial charge in [0.2, 0.25) is 0 Å². The van der Waals surface area contributed by atoms with Gasteiger partial charge in [0.05, 0.1) is 19.3 Å². The molecule has 0 N–H and O–H groups in total. The summed E-state index contributed by atoms with van der Waals surface area (Å²) in [5.41, 5.74) is 1.27. The molecule has 0 bridgehead atoms. The van der Waals surface area contributed by atoms with Gasteiger partial charge in [0.15, 0.2) is 0 Å². The van der Waals surface area contributed by atoms with Crippen LogP contribution >= 0.6 is 0 Å². The second-order valence-electron chi connectivity index (χ2n) is 5.61. The fourth-order valence-corrected chi connectivity index (χ4v) is 2.58. The van der Waals surface area contributed by atoms with E-state index < -0.39 is 6.36 Å². The maximum Gasteiger partial charge on any atom is 0.573 e. The number of rotatable bonds is 5. The molecule has 0 spiro atoms. The fourth-order valence-electron chi connectivity index (χ4n) is 2.58. The lowest BCUT2D eigenvalue weighted by Crippen LogP contribution is -2.23. The zero-order valence-electron chi connectivity index (χ0n) is 14.2. The number of hydrogen-bond donors (Lipinski definition) is 0. The van der Waals surface area contributed by atoms with Crippen LogP contribution in [0.4, 0.5) is 13.2 Å². The Hall–Kier alpha value is -3.29. The molecule has 0 aliphatic heterocycles. The second-order valence-corrected chi connectivity index (χ2v) is 5.61. The highest BCUT2D eigenvalue weighted by Gasteiger charge is 2.31. The SMILES string of the molecule is COc1ccccc1-c1ccc(=O)n(Cc2cccc(OC(F)(F)F)c2)n1. The van der Waals surface area contributed by atoms with Crippen LogP contribution < -0.4 is 15.0 Å². The quantitative estimate of drug-likeness (QED) is 0.679. The van der Waals surface area contributed by atoms with E-state index >= 15 is 0 Å². The van der Waals surface area contributed by atoms with Gasteiger partial charge in [-0.1, -0.05) is 24.3 Å². The van der Waals surface area contributed by atoms with Crippen LogP contribution in [0, 0.1) is 0 Å². The van der Waals surface area contributed by atoms with Gasteiger partial charge in [-0.2, -0.15) is 5.10 Å². The monoisotopic (exact) mass is 376 g/mol. The van der Waals surface area contributed by atoms with Gasteiger partial charge in [0.1, 0.15) is 11.5 Å². The van der Waals surface area contributed by atoms with Crippen molar-refractivity contribution in [2.45, 2.75) is 12.9 Å². The summed E-state index contributed by atoms with van der Waals surface area (Å²) >= 11 is 0. The van der Waals surface area contributed by atoms with Gasteiger partial charge in [-0.15, -0.1) is 13.2 Å². The molecule has 0 atom stereocenters. The summed E-state index contributed by atoms with van der Waals surface area (Å²) in [5.74, 6) is 0.240. The van der Waals surface area contributed by atoms with Gasteiger partial charge in [-0.3, -0.25) is 4.79 Å². The molecule has 5 nitrogen and oxygen atoms in total. The van der Waals surface area contributed by atoms with Crippen molar-refractivity contribution in [3.05, 3.63) is 76.6 Å². The van der Waals surface area contributed by atoms with Gasteiger partial charge in [-0.25, -0.2) is 4.68 Å². The molecule has 0 aliphatic carbocycles. The van der Waals surface area contributed by atoms with E-state index in [1.165, 1.54) is 36.1 Å². The van der Waals surface area contributed by atoms with E-state index in [9.17, 15) is 18.0 Å². The molecule has 1 heterocycles. The molecule has 0 unspecified atom stereocenters. The van der Waals surface area contributed by atoms with E-state index in [4.69, 9.17) is 4.74 Å². The third-order valence-corrected chi connectivity index (χ3v) is 3.71. The van der Waals surface area contributed by atoms with Crippen molar-refractivity contribution < 1.29 is 22.6 Å². The summed E-state index contributed by atoms with van der Waals surface area (Å²) in [6.07, 6.45) is -4.78. The number of para-hydroxylation sites is 1. The van der Waals surface area contributed by atoms with Crippen molar-refractivity contribution in [3.63, 3.8) is 0 Å². The molecular weight excluding hydrogens is 361 g/mol. The Morgan fingerprint density at radius 1 is 1.04 bits per heavy atom. The summed E-state index contributed by atoms with van der Waals surface area (Å²) in [7, 11) is 1.53. The number of ether oxygens (including phenoxy) is 2. The molecule has 0 fully saturated rings. The summed E-state index contributed by atoms with van der Waals surface area (Å²) in [6, 6.07) is 15.5. The minimum absolute atomic E-state index is 0.00310. The van der Waals surface area contributed by atoms with Gasteiger partial charge in [0, 0.05) is 11.6 Å². The van der Waals surface area contributed by atoms with Crippen molar-refractivity contribution in [1.82, 2.24) is 9.78 Å². The number of methoxy groups -OCH3 is 1. The number of nitrogens with zero attached hydrogens (tertiary/aromatic N) is 2. The lowest BCUT2D eigenvalue weighted by atomic mass is 10.1. The average molecular weight is 376 g/mol. The van der Waals surface area contributed by atoms with Crippen LogP contribution in [0.25, 0.3) is 11.3 Å². The highest BCUT2D eigenvalue weighted by Crippen LogP contribution is 2.27. The summed E-state index contributed by atoms with van der Waals surface area (Å²) in [4.78, 5) is 12.1. The smallest absolute Gasteiger partial charge is 0.496 e. The average Bonchev–Trinajstić information content (AvgIpc) is 2.62. The van der Waals surface area contributed by atoms with Gasteiger partial charge >= 0.3 is 6.36 Å². The van der Waals surface area contributed by atoms with Crippen molar-refractivity contribution in [2.75, 3.05) is 7.11 Å². The molecule has 0 radical (unpaired) electrons. The zero-order chi connectivity index (χ0) is 19.4. The first-order valence-corrected chi connectivity index (χ1v) is 7.92. The maximum absolute atomic E-state index is 12.4. The zero-order valence-corrected chi connectivity index (χ0v) is 14.2. The van der Waals surface area contributed by atoms with Crippen LogP contribution in [-0.4, -0.2) is 23.3 Å². The van der Waals surface area contributed by atoms with Crippen LogP contribution in [-0.2, 0) is 6.54 Å². The molecule has 0 aliphatic rings. The highest BCUT2D eigenvalue weighted by molar-refractivity contribution is 5.66. The number of halogens is 3. The number of benzene rings is 2. The van der Waals surface area contributed by atoms with E-state index in [0.29, 0.717) is 22.6 Å². The second kappa shape index (κ2) is 7.53. The van der Waals surface area contributed by atoms with Gasteiger partial charge < -0.3 is 9.47 Å². The summed E-state index contributed by atoms with van der Waals surface area (Å²) < 4.78 is 47.5. The van der Waals surface area contributed by atoms with Crippen molar-refractivity contribution in [2.24, 2.45) is 0 Å². The van der Waals surface area contributed by atoms with E-state index in [2.05, 4.69) is 9.84 Å². The first-order valence-electron chi connectivity index (χ1n) is 7.92. The molecule has 140 valence electrons. The third kappa shape index (κ3) is 4.66. The van der Waals surface area contributed by atoms with Crippen molar-refractivity contribution in [1.29, 1.82) is 0 Å². The maximum atomic E-state index is 12.4. The molecule has 8 heteroatoms. The van der Waals surface area contributed by atoms with E-state index in [1.807, 2.05) is 12.1 Å². The van der Waals surface area contributed by atoms with Crippen LogP contribution in [0.2, 0.25) is 0 Å². The van der Waals surface area contributed by atoms with Crippen molar-refractivity contribution in [3.8, 4) is 22.8 Å². The molecule has 0 saturated carbocycles. The summed E-state index contributed by atoms with van der Waals surface area (Å²) in [5, 5.41) is 4.31. The van der Waals surface area contributed by atoms with Crippen molar-refractivity contribution >= 4 is 0 Å². The summed E-state index contributed by atoms with van der Waals surface area (Å²) in [6.45, 7) is -0.00310. The normalized spacial score (nSPS) is 11.3. The Kier molecular flexibility index (Phi) is 5.16. The van der Waals surface area contributed by atoms with Crippen LogP contribution in [0.15, 0.2) is 65.5 Å². The van der Waals surface area contributed by atoms with E-state index in [0.717, 1.165) is 0 Å². The Balaban J connectivity index is 1.92. The van der Waals surface area contributed by atoms with Crippen LogP contribution in [0.3, 0.4) is 0 Å². The Bertz CT molecular complexity index is 1000. The van der Waals surface area contributed by atoms with E-state index in [-0.39, 0.29) is 17.9 Å². The Morgan fingerprint density at radius 3 is 2.56 bits per heavy atom. The molecule has 1 aromatic heterocycles. The third-order valence-electron chi connectivity index (χ3n) is 3.71.